The van der Waals surface area contributed by atoms with Crippen LogP contribution in [0.4, 0.5) is 0 Å². The molecule has 2 nitrogen and oxygen atoms in total. The first-order valence-corrected chi connectivity index (χ1v) is 6.40. The summed E-state index contributed by atoms with van der Waals surface area (Å²) >= 11 is 0. The van der Waals surface area contributed by atoms with E-state index in [1.165, 1.54) is 31.5 Å². The molecule has 1 heterocycles. The van der Waals surface area contributed by atoms with Crippen LogP contribution in [0.2, 0.25) is 0 Å². The zero-order valence-electron chi connectivity index (χ0n) is 10.2. The standard InChI is InChI=1S/C14H22N2/c1-2-15-9-11-16-10-5-8-13-6-3-4-7-14(13)12-16/h3-4,6-7,15H,2,5,8-12H2,1H3. The zero-order valence-corrected chi connectivity index (χ0v) is 10.2. The Morgan fingerprint density at radius 3 is 2.88 bits per heavy atom. The summed E-state index contributed by atoms with van der Waals surface area (Å²) in [7, 11) is 0. The van der Waals surface area contributed by atoms with Gasteiger partial charge in [0.1, 0.15) is 0 Å². The normalized spacial score (nSPS) is 16.8. The van der Waals surface area contributed by atoms with E-state index in [1.54, 1.807) is 5.56 Å². The smallest absolute Gasteiger partial charge is 0.0237 e. The van der Waals surface area contributed by atoms with Crippen LogP contribution in [0, 0.1) is 0 Å². The van der Waals surface area contributed by atoms with E-state index < -0.39 is 0 Å². The summed E-state index contributed by atoms with van der Waals surface area (Å²) in [6.45, 7) is 7.88. The van der Waals surface area contributed by atoms with E-state index in [9.17, 15) is 0 Å². The summed E-state index contributed by atoms with van der Waals surface area (Å²) in [5.74, 6) is 0. The van der Waals surface area contributed by atoms with Gasteiger partial charge in [-0.05, 0) is 37.1 Å². The van der Waals surface area contributed by atoms with E-state index in [2.05, 4.69) is 41.4 Å². The van der Waals surface area contributed by atoms with Gasteiger partial charge in [-0.1, -0.05) is 31.2 Å². The molecule has 0 spiro atoms. The first kappa shape index (κ1) is 11.6. The molecule has 0 fully saturated rings. The lowest BCUT2D eigenvalue weighted by atomic mass is 10.0. The van der Waals surface area contributed by atoms with Crippen molar-refractivity contribution >= 4 is 0 Å². The van der Waals surface area contributed by atoms with Crippen molar-refractivity contribution in [1.29, 1.82) is 0 Å². The Labute approximate surface area is 98.7 Å². The lowest BCUT2D eigenvalue weighted by molar-refractivity contribution is 0.270. The molecule has 1 aromatic rings. The maximum absolute atomic E-state index is 3.40. The van der Waals surface area contributed by atoms with E-state index in [-0.39, 0.29) is 0 Å². The molecule has 1 aliphatic rings. The monoisotopic (exact) mass is 218 g/mol. The predicted octanol–water partition coefficient (Wildman–Crippen LogP) is 2.04. The van der Waals surface area contributed by atoms with Gasteiger partial charge in [-0.15, -0.1) is 0 Å². The second kappa shape index (κ2) is 6.02. The molecule has 1 aliphatic heterocycles. The van der Waals surface area contributed by atoms with Gasteiger partial charge >= 0.3 is 0 Å². The van der Waals surface area contributed by atoms with E-state index in [4.69, 9.17) is 0 Å². The first-order valence-electron chi connectivity index (χ1n) is 6.40. The maximum atomic E-state index is 3.40. The molecule has 0 bridgehead atoms. The van der Waals surface area contributed by atoms with Gasteiger partial charge in [-0.25, -0.2) is 0 Å². The van der Waals surface area contributed by atoms with Gasteiger partial charge in [0.25, 0.3) is 0 Å². The third-order valence-electron chi connectivity index (χ3n) is 3.29. The quantitative estimate of drug-likeness (QED) is 0.778. The Balaban J connectivity index is 1.94. The Morgan fingerprint density at radius 2 is 2.06 bits per heavy atom. The van der Waals surface area contributed by atoms with Gasteiger partial charge in [0.2, 0.25) is 0 Å². The summed E-state index contributed by atoms with van der Waals surface area (Å²) in [6.07, 6.45) is 2.54. The number of benzene rings is 1. The molecule has 1 N–H and O–H groups in total. The van der Waals surface area contributed by atoms with Crippen LogP contribution in [0.25, 0.3) is 0 Å². The summed E-state index contributed by atoms with van der Waals surface area (Å²) in [5, 5.41) is 3.40. The summed E-state index contributed by atoms with van der Waals surface area (Å²) < 4.78 is 0. The van der Waals surface area contributed by atoms with Crippen LogP contribution in [-0.2, 0) is 13.0 Å². The molecule has 16 heavy (non-hydrogen) atoms. The second-order valence-electron chi connectivity index (χ2n) is 4.50. The van der Waals surface area contributed by atoms with Crippen LogP contribution < -0.4 is 5.32 Å². The average molecular weight is 218 g/mol. The van der Waals surface area contributed by atoms with Gasteiger partial charge in [-0.3, -0.25) is 4.90 Å². The zero-order chi connectivity index (χ0) is 11.2. The number of likely N-dealkylation sites (N-methyl/N-ethyl adjacent to an activating group) is 1. The third-order valence-corrected chi connectivity index (χ3v) is 3.29. The molecule has 0 saturated carbocycles. The van der Waals surface area contributed by atoms with Crippen molar-refractivity contribution in [2.24, 2.45) is 0 Å². The Hall–Kier alpha value is -0.860. The minimum atomic E-state index is 1.07. The Morgan fingerprint density at radius 1 is 1.25 bits per heavy atom. The Kier molecular flexibility index (Phi) is 4.37. The van der Waals surface area contributed by atoms with E-state index in [1.807, 2.05) is 0 Å². The molecular formula is C14H22N2. The molecular weight excluding hydrogens is 196 g/mol. The minimum absolute atomic E-state index is 1.07. The van der Waals surface area contributed by atoms with Crippen molar-refractivity contribution in [3.05, 3.63) is 35.4 Å². The molecule has 0 saturated heterocycles. The highest BCUT2D eigenvalue weighted by Crippen LogP contribution is 2.17. The summed E-state index contributed by atoms with van der Waals surface area (Å²) in [4.78, 5) is 2.56. The van der Waals surface area contributed by atoms with Crippen LogP contribution in [-0.4, -0.2) is 31.1 Å². The third kappa shape index (κ3) is 3.06. The number of nitrogens with zero attached hydrogens (tertiary/aromatic N) is 1. The van der Waals surface area contributed by atoms with Gasteiger partial charge in [0, 0.05) is 19.6 Å². The lowest BCUT2D eigenvalue weighted by Crippen LogP contribution is -2.31. The van der Waals surface area contributed by atoms with Crippen LogP contribution in [0.3, 0.4) is 0 Å². The van der Waals surface area contributed by atoms with E-state index >= 15 is 0 Å². The SMILES string of the molecule is CCNCCN1CCCc2ccccc2C1. The predicted molar refractivity (Wildman–Crippen MR) is 68.6 cm³/mol. The number of rotatable bonds is 4. The van der Waals surface area contributed by atoms with Crippen LogP contribution in [0.5, 0.6) is 0 Å². The van der Waals surface area contributed by atoms with Gasteiger partial charge in [-0.2, -0.15) is 0 Å². The van der Waals surface area contributed by atoms with Gasteiger partial charge in [0.15, 0.2) is 0 Å². The van der Waals surface area contributed by atoms with Crippen molar-refractivity contribution in [2.45, 2.75) is 26.3 Å². The second-order valence-corrected chi connectivity index (χ2v) is 4.50. The topological polar surface area (TPSA) is 15.3 Å². The molecule has 0 atom stereocenters. The fraction of sp³-hybridized carbons (Fsp3) is 0.571. The highest BCUT2D eigenvalue weighted by Gasteiger charge is 2.12. The van der Waals surface area contributed by atoms with Gasteiger partial charge in [0.05, 0.1) is 0 Å². The van der Waals surface area contributed by atoms with Crippen LogP contribution in [0.15, 0.2) is 24.3 Å². The molecule has 1 aromatic carbocycles. The van der Waals surface area contributed by atoms with Crippen molar-refractivity contribution in [2.75, 3.05) is 26.2 Å². The number of nitrogens with one attached hydrogen (secondary N) is 1. The molecule has 88 valence electrons. The fourth-order valence-corrected chi connectivity index (χ4v) is 2.37. The number of hydrogen-bond donors (Lipinski definition) is 1. The molecule has 0 amide bonds. The molecule has 0 aromatic heterocycles. The van der Waals surface area contributed by atoms with Crippen molar-refractivity contribution in [3.8, 4) is 0 Å². The van der Waals surface area contributed by atoms with Crippen molar-refractivity contribution < 1.29 is 0 Å². The molecule has 2 heteroatoms. The molecule has 0 radical (unpaired) electrons. The van der Waals surface area contributed by atoms with Gasteiger partial charge < -0.3 is 5.32 Å². The highest BCUT2D eigenvalue weighted by atomic mass is 15.1. The summed E-state index contributed by atoms with van der Waals surface area (Å²) in [5.41, 5.74) is 3.07. The van der Waals surface area contributed by atoms with Crippen molar-refractivity contribution in [3.63, 3.8) is 0 Å². The number of aryl methyl sites for hydroxylation is 1. The molecule has 2 rings (SSSR count). The fourth-order valence-electron chi connectivity index (χ4n) is 2.37. The Bertz CT molecular complexity index is 322. The largest absolute Gasteiger partial charge is 0.316 e. The van der Waals surface area contributed by atoms with Crippen LogP contribution >= 0.6 is 0 Å². The summed E-state index contributed by atoms with van der Waals surface area (Å²) in [6, 6.07) is 8.88. The average Bonchev–Trinajstić information content (AvgIpc) is 2.51. The lowest BCUT2D eigenvalue weighted by Gasteiger charge is -2.20. The van der Waals surface area contributed by atoms with Crippen LogP contribution in [0.1, 0.15) is 24.5 Å². The maximum Gasteiger partial charge on any atom is 0.0237 e. The molecule has 0 unspecified atom stereocenters. The first-order chi connectivity index (χ1) is 7.90. The minimum Gasteiger partial charge on any atom is -0.316 e. The van der Waals surface area contributed by atoms with E-state index in [0.717, 1.165) is 19.6 Å². The number of fused-ring (bicyclic) bond motifs is 1. The van der Waals surface area contributed by atoms with E-state index in [0.29, 0.717) is 0 Å². The van der Waals surface area contributed by atoms with Crippen molar-refractivity contribution in [1.82, 2.24) is 10.2 Å². The molecule has 0 aliphatic carbocycles. The highest BCUT2D eigenvalue weighted by molar-refractivity contribution is 5.27. The number of hydrogen-bond acceptors (Lipinski definition) is 2.